The Labute approximate surface area is 242 Å². The molecular weight excluding hydrogens is 601 g/mol. The van der Waals surface area contributed by atoms with Gasteiger partial charge in [0.15, 0.2) is 9.84 Å². The summed E-state index contributed by atoms with van der Waals surface area (Å²) in [7, 11) is -7.87. The van der Waals surface area contributed by atoms with Crippen LogP contribution >= 0.6 is 35.0 Å². The highest BCUT2D eigenvalue weighted by molar-refractivity contribution is 7.99. The van der Waals surface area contributed by atoms with Gasteiger partial charge in [-0.15, -0.1) is 6.58 Å². The molecular formula is C26H25Cl2N3O5S3. The van der Waals surface area contributed by atoms with Crippen LogP contribution in [0.3, 0.4) is 0 Å². The molecule has 1 heterocycles. The summed E-state index contributed by atoms with van der Waals surface area (Å²) in [6.07, 6.45) is 1.42. The number of benzene rings is 3. The summed E-state index contributed by atoms with van der Waals surface area (Å²) in [6, 6.07) is 15.6. The number of halogens is 2. The maximum absolute atomic E-state index is 13.4. The van der Waals surface area contributed by atoms with Crippen molar-refractivity contribution >= 4 is 72.1 Å². The topological polar surface area (TPSA) is 113 Å². The summed E-state index contributed by atoms with van der Waals surface area (Å²) in [5.74, 6) is 0.980. The Hall–Kier alpha value is -2.54. The van der Waals surface area contributed by atoms with Gasteiger partial charge in [0, 0.05) is 40.3 Å². The minimum Gasteiger partial charge on any atom is -0.322 e. The van der Waals surface area contributed by atoms with Crippen LogP contribution in [-0.4, -0.2) is 57.6 Å². The molecule has 0 saturated carbocycles. The zero-order valence-corrected chi connectivity index (χ0v) is 24.5. The van der Waals surface area contributed by atoms with Gasteiger partial charge in [0.1, 0.15) is 5.37 Å². The second kappa shape index (κ2) is 12.3. The highest BCUT2D eigenvalue weighted by Crippen LogP contribution is 2.28. The molecule has 4 rings (SSSR count). The van der Waals surface area contributed by atoms with Crippen molar-refractivity contribution < 1.29 is 21.6 Å². The van der Waals surface area contributed by atoms with Gasteiger partial charge in [-0.05, 0) is 60.7 Å². The fourth-order valence-corrected chi connectivity index (χ4v) is 8.01. The fraction of sp³-hybridized carbons (Fsp3) is 0.192. The minimum atomic E-state index is -4.05. The van der Waals surface area contributed by atoms with Gasteiger partial charge in [0.05, 0.1) is 21.0 Å². The first-order chi connectivity index (χ1) is 18.5. The number of rotatable bonds is 9. The van der Waals surface area contributed by atoms with Crippen LogP contribution in [0.1, 0.15) is 10.4 Å². The van der Waals surface area contributed by atoms with E-state index < -0.39 is 31.1 Å². The Morgan fingerprint density at radius 2 is 1.59 bits per heavy atom. The molecule has 0 spiro atoms. The van der Waals surface area contributed by atoms with E-state index in [0.717, 1.165) is 11.5 Å². The van der Waals surface area contributed by atoms with E-state index in [-0.39, 0.29) is 31.8 Å². The SMILES string of the molecule is C=CC(N1CCSCC1)S(=O)(=O)c1cccc(NC(=O)c2cc(Cl)ccc2NS(=O)(=O)c2ccc(Cl)cc2)c1. The van der Waals surface area contributed by atoms with E-state index in [1.165, 1.54) is 66.7 Å². The molecule has 1 unspecified atom stereocenters. The number of carbonyl (C=O) groups is 1. The molecule has 1 aliphatic rings. The second-order valence-electron chi connectivity index (χ2n) is 8.55. The summed E-state index contributed by atoms with van der Waals surface area (Å²) in [6.45, 7) is 4.99. The number of hydrogen-bond acceptors (Lipinski definition) is 7. The summed E-state index contributed by atoms with van der Waals surface area (Å²) in [5.41, 5.74) is 0.151. The highest BCUT2D eigenvalue weighted by atomic mass is 35.5. The minimum absolute atomic E-state index is 0.00897. The Kier molecular flexibility index (Phi) is 9.30. The van der Waals surface area contributed by atoms with Gasteiger partial charge in [-0.25, -0.2) is 16.8 Å². The van der Waals surface area contributed by atoms with Gasteiger partial charge in [-0.3, -0.25) is 14.4 Å². The van der Waals surface area contributed by atoms with E-state index in [1.807, 2.05) is 4.90 Å². The number of nitrogens with zero attached hydrogens (tertiary/aromatic N) is 1. The summed E-state index contributed by atoms with van der Waals surface area (Å²) < 4.78 is 55.1. The zero-order valence-electron chi connectivity index (χ0n) is 20.5. The number of sulfone groups is 1. The molecule has 0 radical (unpaired) electrons. The van der Waals surface area contributed by atoms with E-state index in [1.54, 1.807) is 17.8 Å². The van der Waals surface area contributed by atoms with Crippen molar-refractivity contribution in [2.45, 2.75) is 15.2 Å². The van der Waals surface area contributed by atoms with Gasteiger partial charge in [0.2, 0.25) is 0 Å². The van der Waals surface area contributed by atoms with Crippen LogP contribution in [0.2, 0.25) is 10.0 Å². The Morgan fingerprint density at radius 1 is 0.923 bits per heavy atom. The van der Waals surface area contributed by atoms with Crippen molar-refractivity contribution in [3.8, 4) is 0 Å². The van der Waals surface area contributed by atoms with Crippen molar-refractivity contribution in [3.63, 3.8) is 0 Å². The molecule has 1 fully saturated rings. The van der Waals surface area contributed by atoms with E-state index >= 15 is 0 Å². The Bertz CT molecular complexity index is 1590. The maximum atomic E-state index is 13.4. The Morgan fingerprint density at radius 3 is 2.26 bits per heavy atom. The van der Waals surface area contributed by atoms with Crippen LogP contribution in [0.4, 0.5) is 11.4 Å². The zero-order chi connectivity index (χ0) is 28.2. The van der Waals surface area contributed by atoms with Crippen LogP contribution in [-0.2, 0) is 19.9 Å². The van der Waals surface area contributed by atoms with Crippen molar-refractivity contribution in [3.05, 3.63) is 95.0 Å². The smallest absolute Gasteiger partial charge is 0.261 e. The molecule has 3 aromatic carbocycles. The van der Waals surface area contributed by atoms with Crippen molar-refractivity contribution in [2.24, 2.45) is 0 Å². The largest absolute Gasteiger partial charge is 0.322 e. The molecule has 206 valence electrons. The van der Waals surface area contributed by atoms with Crippen LogP contribution in [0.15, 0.2) is 89.2 Å². The molecule has 39 heavy (non-hydrogen) atoms. The van der Waals surface area contributed by atoms with Crippen LogP contribution in [0.5, 0.6) is 0 Å². The maximum Gasteiger partial charge on any atom is 0.261 e. The number of hydrogen-bond donors (Lipinski definition) is 2. The van der Waals surface area contributed by atoms with Gasteiger partial charge >= 0.3 is 0 Å². The summed E-state index contributed by atoms with van der Waals surface area (Å²) >= 11 is 13.7. The quantitative estimate of drug-likeness (QED) is 0.307. The van der Waals surface area contributed by atoms with Crippen LogP contribution < -0.4 is 10.0 Å². The molecule has 0 bridgehead atoms. The second-order valence-corrected chi connectivity index (χ2v) is 14.4. The molecule has 1 aliphatic heterocycles. The van der Waals surface area contributed by atoms with Crippen molar-refractivity contribution in [1.82, 2.24) is 4.90 Å². The van der Waals surface area contributed by atoms with E-state index in [0.29, 0.717) is 18.1 Å². The molecule has 8 nitrogen and oxygen atoms in total. The highest BCUT2D eigenvalue weighted by Gasteiger charge is 2.31. The molecule has 2 N–H and O–H groups in total. The fourth-order valence-electron chi connectivity index (χ4n) is 4.00. The first-order valence-electron chi connectivity index (χ1n) is 11.7. The number of amides is 1. The first kappa shape index (κ1) is 29.4. The monoisotopic (exact) mass is 625 g/mol. The lowest BCUT2D eigenvalue weighted by Crippen LogP contribution is -2.44. The Balaban J connectivity index is 1.59. The van der Waals surface area contributed by atoms with Gasteiger partial charge in [0.25, 0.3) is 15.9 Å². The van der Waals surface area contributed by atoms with E-state index in [9.17, 15) is 21.6 Å². The lowest BCUT2D eigenvalue weighted by Gasteiger charge is -2.32. The van der Waals surface area contributed by atoms with Gasteiger partial charge in [-0.2, -0.15) is 11.8 Å². The van der Waals surface area contributed by atoms with Crippen molar-refractivity contribution in [2.75, 3.05) is 34.6 Å². The number of sulfonamides is 1. The lowest BCUT2D eigenvalue weighted by atomic mass is 10.1. The van der Waals surface area contributed by atoms with Crippen LogP contribution in [0, 0.1) is 0 Å². The molecule has 1 amide bonds. The van der Waals surface area contributed by atoms with E-state index in [2.05, 4.69) is 16.6 Å². The number of anilines is 2. The average molecular weight is 627 g/mol. The molecule has 13 heteroatoms. The molecule has 3 aromatic rings. The summed E-state index contributed by atoms with van der Waals surface area (Å²) in [5, 5.41) is 2.34. The average Bonchev–Trinajstić information content (AvgIpc) is 2.91. The third kappa shape index (κ3) is 6.97. The molecule has 1 atom stereocenters. The summed E-state index contributed by atoms with van der Waals surface area (Å²) in [4.78, 5) is 15.1. The third-order valence-electron chi connectivity index (χ3n) is 5.94. The molecule has 1 saturated heterocycles. The van der Waals surface area contributed by atoms with E-state index in [4.69, 9.17) is 23.2 Å². The first-order valence-corrected chi connectivity index (χ1v) is 16.6. The standard InChI is InChI=1S/C26H25Cl2N3O5S3/c1-2-25(31-12-14-37-15-13-31)38(33,34)22-5-3-4-20(17-22)29-26(32)23-16-19(28)8-11-24(23)30-39(35,36)21-9-6-18(27)7-10-21/h2-11,16-17,25,30H,1,12-15H2,(H,29,32). The predicted molar refractivity (Wildman–Crippen MR) is 158 cm³/mol. The number of thioether (sulfide) groups is 1. The lowest BCUT2D eigenvalue weighted by molar-refractivity contribution is 0.102. The van der Waals surface area contributed by atoms with Gasteiger partial charge < -0.3 is 5.32 Å². The van der Waals surface area contributed by atoms with Crippen molar-refractivity contribution in [1.29, 1.82) is 0 Å². The van der Waals surface area contributed by atoms with Crippen LogP contribution in [0.25, 0.3) is 0 Å². The van der Waals surface area contributed by atoms with Gasteiger partial charge in [-0.1, -0.05) is 35.3 Å². The number of nitrogens with one attached hydrogen (secondary N) is 2. The predicted octanol–water partition coefficient (Wildman–Crippen LogP) is 5.38. The molecule has 0 aliphatic carbocycles. The number of carbonyl (C=O) groups excluding carboxylic acids is 1. The molecule has 0 aromatic heterocycles. The normalized spacial score (nSPS) is 15.3. The third-order valence-corrected chi connectivity index (χ3v) is 10.8.